The Labute approximate surface area is 288 Å². The van der Waals surface area contributed by atoms with Crippen molar-refractivity contribution in [3.05, 3.63) is 167 Å². The Balaban J connectivity index is 1.60. The van der Waals surface area contributed by atoms with Gasteiger partial charge in [0.25, 0.3) is 5.69 Å². The molecule has 1 amide bonds. The zero-order chi connectivity index (χ0) is 34.4. The molecule has 1 aliphatic heterocycles. The van der Waals surface area contributed by atoms with E-state index in [-0.39, 0.29) is 28.7 Å². The molecule has 1 aliphatic rings. The average Bonchev–Trinajstić information content (AvgIpc) is 3.14. The van der Waals surface area contributed by atoms with Crippen LogP contribution in [-0.2, 0) is 32.1 Å². The fraction of sp³-hybridized carbons (Fsp3) is 0.128. The number of nitrogens with zero attached hydrogens (tertiary/aromatic N) is 2. The number of benzene rings is 5. The summed E-state index contributed by atoms with van der Waals surface area (Å²) in [4.78, 5) is 54.5. The first kappa shape index (κ1) is 33.7. The molecule has 0 spiro atoms. The molecular formula is C39H33N2O6PS. The number of likely N-dealkylation sites (tertiary alicyclic amines) is 1. The first-order valence-electron chi connectivity index (χ1n) is 15.7. The molecule has 0 radical (unpaired) electrons. The Morgan fingerprint density at radius 1 is 0.735 bits per heavy atom. The number of ether oxygens (including phenoxy) is 1. The molecule has 0 aliphatic carbocycles. The van der Waals surface area contributed by atoms with E-state index in [0.717, 1.165) is 33.2 Å². The number of β-lactam (4-membered cyclic amide) rings is 1. The van der Waals surface area contributed by atoms with Crippen LogP contribution in [0.4, 0.5) is 5.69 Å². The van der Waals surface area contributed by atoms with E-state index < -0.39 is 29.1 Å². The van der Waals surface area contributed by atoms with Gasteiger partial charge in [-0.1, -0.05) is 133 Å². The summed E-state index contributed by atoms with van der Waals surface area (Å²) in [5.41, 5.74) is 1.59. The lowest BCUT2D eigenvalue weighted by atomic mass is 9.90. The molecule has 6 rings (SSSR count). The van der Waals surface area contributed by atoms with Crippen LogP contribution in [0.1, 0.15) is 18.1 Å². The van der Waals surface area contributed by atoms with Crippen LogP contribution >= 0.6 is 18.6 Å². The summed E-state index contributed by atoms with van der Waals surface area (Å²) in [5.74, 6) is -1.53. The Morgan fingerprint density at radius 2 is 1.20 bits per heavy atom. The Bertz CT molecular complexity index is 1920. The lowest BCUT2D eigenvalue weighted by Crippen LogP contribution is -2.65. The summed E-state index contributed by atoms with van der Waals surface area (Å²) in [6.07, 6.45) is 0.402. The lowest BCUT2D eigenvalue weighted by Gasteiger charge is -2.49. The molecule has 1 fully saturated rings. The van der Waals surface area contributed by atoms with Gasteiger partial charge >= 0.3 is 5.97 Å². The molecule has 0 aromatic heterocycles. The van der Waals surface area contributed by atoms with Crippen molar-refractivity contribution in [2.24, 2.45) is 5.92 Å². The SMILES string of the molecule is CC(=O)SC1C(Cc2ccccc2)C(=O)N1C(C(=O)OCc1ccc([N+](=O)[O-])cc1)=P(c1ccccc1)(c1ccccc1)c1ccccc1. The van der Waals surface area contributed by atoms with E-state index in [2.05, 4.69) is 0 Å². The van der Waals surface area contributed by atoms with Gasteiger partial charge in [-0.25, -0.2) is 4.79 Å². The van der Waals surface area contributed by atoms with E-state index in [1.54, 1.807) is 0 Å². The van der Waals surface area contributed by atoms with Gasteiger partial charge < -0.3 is 4.74 Å². The van der Waals surface area contributed by atoms with Crippen molar-refractivity contribution < 1.29 is 24.0 Å². The third-order valence-corrected chi connectivity index (χ3v) is 13.8. The Morgan fingerprint density at radius 3 is 1.65 bits per heavy atom. The monoisotopic (exact) mass is 688 g/mol. The number of nitro benzene ring substituents is 1. The number of esters is 1. The van der Waals surface area contributed by atoms with Crippen molar-refractivity contribution in [3.63, 3.8) is 0 Å². The van der Waals surface area contributed by atoms with Gasteiger partial charge in [0.05, 0.1) is 10.8 Å². The predicted octanol–water partition coefficient (Wildman–Crippen LogP) is 6.07. The third kappa shape index (κ3) is 6.86. The highest BCUT2D eigenvalue weighted by Gasteiger charge is 2.54. The van der Waals surface area contributed by atoms with Gasteiger partial charge in [0.1, 0.15) is 17.4 Å². The zero-order valence-electron chi connectivity index (χ0n) is 26.6. The van der Waals surface area contributed by atoms with Crippen LogP contribution < -0.4 is 15.9 Å². The predicted molar refractivity (Wildman–Crippen MR) is 196 cm³/mol. The second-order valence-electron chi connectivity index (χ2n) is 11.5. The molecule has 5 aromatic rings. The molecule has 0 saturated carbocycles. The molecule has 2 unspecified atom stereocenters. The van der Waals surface area contributed by atoms with Gasteiger partial charge in [-0.05, 0) is 45.6 Å². The molecule has 1 heterocycles. The van der Waals surface area contributed by atoms with Gasteiger partial charge in [-0.2, -0.15) is 0 Å². The summed E-state index contributed by atoms with van der Waals surface area (Å²) in [6.45, 7) is -1.89. The summed E-state index contributed by atoms with van der Waals surface area (Å²) >= 11 is 1.04. The van der Waals surface area contributed by atoms with Crippen LogP contribution in [0.25, 0.3) is 0 Å². The van der Waals surface area contributed by atoms with Crippen LogP contribution in [0.3, 0.4) is 0 Å². The van der Waals surface area contributed by atoms with Crippen molar-refractivity contribution in [1.82, 2.24) is 4.90 Å². The molecule has 5 aromatic carbocycles. The minimum Gasteiger partial charge on any atom is -0.456 e. The fourth-order valence-electron chi connectivity index (χ4n) is 6.20. The number of hydrogen-bond acceptors (Lipinski definition) is 7. The number of nitro groups is 1. The van der Waals surface area contributed by atoms with E-state index in [4.69, 9.17) is 4.74 Å². The number of thioether (sulfide) groups is 1. The minimum absolute atomic E-state index is 0.0794. The maximum atomic E-state index is 14.9. The van der Waals surface area contributed by atoms with E-state index in [1.165, 1.54) is 36.1 Å². The standard InChI is InChI=1S/C39H33N2O6PS/c1-28(42)49-38-35(26-29-14-6-2-7-15-29)36(43)40(38)37(39(44)47-27-30-22-24-31(25-23-30)41(45)46)48(32-16-8-3-9-17-32,33-18-10-4-11-19-33)34-20-12-5-13-21-34/h2-25,35,38H,26-27H2,1H3. The molecule has 2 atom stereocenters. The molecule has 8 nitrogen and oxygen atoms in total. The van der Waals surface area contributed by atoms with Crippen LogP contribution in [0, 0.1) is 16.0 Å². The number of carbonyl (C=O) groups is 3. The average molecular weight is 689 g/mol. The highest BCUT2D eigenvalue weighted by Crippen LogP contribution is 2.51. The second-order valence-corrected chi connectivity index (χ2v) is 16.1. The number of non-ortho nitro benzene ring substituents is 1. The van der Waals surface area contributed by atoms with Gasteiger partial charge in [-0.15, -0.1) is 0 Å². The van der Waals surface area contributed by atoms with Crippen LogP contribution in [0.2, 0.25) is 0 Å². The van der Waals surface area contributed by atoms with Crippen molar-refractivity contribution in [1.29, 1.82) is 0 Å². The maximum Gasteiger partial charge on any atom is 0.356 e. The molecule has 10 heteroatoms. The Hall–Kier alpha value is -5.24. The molecule has 1 saturated heterocycles. The van der Waals surface area contributed by atoms with E-state index in [0.29, 0.717) is 12.0 Å². The smallest absolute Gasteiger partial charge is 0.356 e. The van der Waals surface area contributed by atoms with Crippen molar-refractivity contribution in [3.8, 4) is 0 Å². The fourth-order valence-corrected chi connectivity index (χ4v) is 11.7. The first-order chi connectivity index (χ1) is 23.8. The largest absolute Gasteiger partial charge is 0.456 e. The molecule has 0 bridgehead atoms. The highest BCUT2D eigenvalue weighted by atomic mass is 32.2. The van der Waals surface area contributed by atoms with Gasteiger partial charge in [0, 0.05) is 25.9 Å². The van der Waals surface area contributed by atoms with E-state index in [9.17, 15) is 24.5 Å². The molecule has 246 valence electrons. The van der Waals surface area contributed by atoms with E-state index >= 15 is 0 Å². The highest BCUT2D eigenvalue weighted by molar-refractivity contribution is 8.14. The lowest BCUT2D eigenvalue weighted by molar-refractivity contribution is -0.384. The summed E-state index contributed by atoms with van der Waals surface area (Å²) < 4.78 is 6.07. The van der Waals surface area contributed by atoms with Crippen molar-refractivity contribution >= 4 is 62.7 Å². The number of hydrogen-bond donors (Lipinski definition) is 0. The second kappa shape index (κ2) is 14.9. The topological polar surface area (TPSA) is 107 Å². The number of carbonyl (C=O) groups excluding carboxylic acids is 3. The summed E-state index contributed by atoms with van der Waals surface area (Å²) in [5, 5.41) is 12.9. The Kier molecular flexibility index (Phi) is 10.2. The summed E-state index contributed by atoms with van der Waals surface area (Å²) in [6, 6.07) is 44.4. The number of rotatable bonds is 11. The molecule has 0 N–H and O–H groups in total. The molecule has 49 heavy (non-hydrogen) atoms. The zero-order valence-corrected chi connectivity index (χ0v) is 28.3. The van der Waals surface area contributed by atoms with Crippen LogP contribution in [0.15, 0.2) is 146 Å². The maximum absolute atomic E-state index is 14.9. The first-order valence-corrected chi connectivity index (χ1v) is 18.4. The van der Waals surface area contributed by atoms with Gasteiger partial charge in [0.2, 0.25) is 5.91 Å². The molecular weight excluding hydrogens is 655 g/mol. The number of amides is 1. The van der Waals surface area contributed by atoms with Crippen molar-refractivity contribution in [2.75, 3.05) is 0 Å². The van der Waals surface area contributed by atoms with Crippen molar-refractivity contribution in [2.45, 2.75) is 25.3 Å². The van der Waals surface area contributed by atoms with Gasteiger partial charge in [0.15, 0.2) is 5.12 Å². The summed E-state index contributed by atoms with van der Waals surface area (Å²) in [7, 11) is 0. The minimum atomic E-state index is -3.18. The van der Waals surface area contributed by atoms with Crippen LogP contribution in [-0.4, -0.2) is 37.6 Å². The normalized spacial score (nSPS) is 15.6. The third-order valence-electron chi connectivity index (χ3n) is 8.41. The van der Waals surface area contributed by atoms with Gasteiger partial charge in [-0.3, -0.25) is 24.6 Å². The van der Waals surface area contributed by atoms with E-state index in [1.807, 2.05) is 121 Å². The quantitative estimate of drug-likeness (QED) is 0.0546. The van der Waals surface area contributed by atoms with Crippen LogP contribution in [0.5, 0.6) is 0 Å².